The van der Waals surface area contributed by atoms with Gasteiger partial charge in [-0.1, -0.05) is 25.7 Å². The Kier molecular flexibility index (Phi) is 5.86. The second-order valence-corrected chi connectivity index (χ2v) is 9.89. The summed E-state index contributed by atoms with van der Waals surface area (Å²) in [4.78, 5) is 14.6. The highest BCUT2D eigenvalue weighted by Crippen LogP contribution is 2.39. The lowest BCUT2D eigenvalue weighted by atomic mass is 9.91. The zero-order valence-corrected chi connectivity index (χ0v) is 20.3. The van der Waals surface area contributed by atoms with Gasteiger partial charge in [-0.05, 0) is 43.7 Å². The molecule has 5 rings (SSSR count). The summed E-state index contributed by atoms with van der Waals surface area (Å²) >= 11 is 0. The molecule has 2 aliphatic rings. The number of piperidine rings is 1. The topological polar surface area (TPSA) is 68.0 Å². The first-order valence-electron chi connectivity index (χ1n) is 12.2. The number of hydrogen-bond acceptors (Lipinski definition) is 4. The van der Waals surface area contributed by atoms with Gasteiger partial charge in [0.15, 0.2) is 5.76 Å². The normalized spacial score (nSPS) is 23.4. The molecule has 2 aromatic carbocycles. The number of quaternary nitrogens is 1. The van der Waals surface area contributed by atoms with Gasteiger partial charge in [0.1, 0.15) is 18.0 Å². The van der Waals surface area contributed by atoms with E-state index in [-0.39, 0.29) is 17.3 Å². The Bertz CT molecular complexity index is 1280. The number of ether oxygens (including phenoxy) is 2. The average Bonchev–Trinajstić information content (AvgIpc) is 3.32. The Balaban J connectivity index is 1.51. The lowest BCUT2D eigenvalue weighted by molar-refractivity contribution is -0.925. The monoisotopic (exact) mass is 460 g/mol. The molecule has 6 heteroatoms. The van der Waals surface area contributed by atoms with Crippen LogP contribution in [-0.4, -0.2) is 30.5 Å². The SMILES string of the molecule is CCn1cc(/C=C2/Oc3c(ccc([O-])c3C[NH+]3CC(C)CC(C)C3)C2=O)c2cc(OC)ccc21. The molecule has 1 fully saturated rings. The van der Waals surface area contributed by atoms with Gasteiger partial charge in [-0.25, -0.2) is 0 Å². The maximum absolute atomic E-state index is 13.3. The molecule has 2 atom stereocenters. The molecular weight excluding hydrogens is 428 g/mol. The van der Waals surface area contributed by atoms with E-state index < -0.39 is 0 Å². The van der Waals surface area contributed by atoms with Crippen LogP contribution in [0.25, 0.3) is 17.0 Å². The van der Waals surface area contributed by atoms with Crippen LogP contribution in [0.5, 0.6) is 17.2 Å². The molecule has 0 saturated carbocycles. The van der Waals surface area contributed by atoms with Gasteiger partial charge in [-0.2, -0.15) is 0 Å². The summed E-state index contributed by atoms with van der Waals surface area (Å²) in [5, 5.41) is 13.8. The standard InChI is InChI=1S/C28H32N2O4/c1-5-30-15-19(22-12-20(33-4)6-8-24(22)30)11-26-27(32)21-7-9-25(31)23(28(21)34-26)16-29-13-17(2)10-18(3)14-29/h6-9,11-12,15,17-18,31H,5,10,13-14,16H2,1-4H3/b26-11+. The summed E-state index contributed by atoms with van der Waals surface area (Å²) in [7, 11) is 1.64. The van der Waals surface area contributed by atoms with E-state index >= 15 is 0 Å². The van der Waals surface area contributed by atoms with E-state index in [2.05, 4.69) is 25.3 Å². The second kappa shape index (κ2) is 8.84. The molecule has 0 spiro atoms. The highest BCUT2D eigenvalue weighted by molar-refractivity contribution is 6.15. The van der Waals surface area contributed by atoms with Gasteiger partial charge in [-0.3, -0.25) is 4.79 Å². The molecule has 178 valence electrons. The van der Waals surface area contributed by atoms with Crippen molar-refractivity contribution in [3.05, 3.63) is 59.0 Å². The van der Waals surface area contributed by atoms with E-state index in [4.69, 9.17) is 9.47 Å². The Hall–Kier alpha value is -3.25. The summed E-state index contributed by atoms with van der Waals surface area (Å²) in [5.41, 5.74) is 3.05. The Morgan fingerprint density at radius 2 is 1.97 bits per heavy atom. The van der Waals surface area contributed by atoms with Crippen molar-refractivity contribution in [3.63, 3.8) is 0 Å². The summed E-state index contributed by atoms with van der Waals surface area (Å²) in [6.45, 7) is 10.1. The van der Waals surface area contributed by atoms with Gasteiger partial charge in [0, 0.05) is 46.6 Å². The third-order valence-corrected chi connectivity index (χ3v) is 7.15. The Morgan fingerprint density at radius 3 is 2.68 bits per heavy atom. The first kappa shape index (κ1) is 22.5. The van der Waals surface area contributed by atoms with Crippen LogP contribution in [0.4, 0.5) is 0 Å². The summed E-state index contributed by atoms with van der Waals surface area (Å²) in [6.07, 6.45) is 5.04. The quantitative estimate of drug-likeness (QED) is 0.593. The van der Waals surface area contributed by atoms with Crippen molar-refractivity contribution in [1.82, 2.24) is 4.57 Å². The minimum atomic E-state index is -0.174. The van der Waals surface area contributed by atoms with E-state index in [9.17, 15) is 9.90 Å². The van der Waals surface area contributed by atoms with Gasteiger partial charge in [0.25, 0.3) is 0 Å². The van der Waals surface area contributed by atoms with Crippen LogP contribution >= 0.6 is 0 Å². The molecule has 1 saturated heterocycles. The van der Waals surface area contributed by atoms with E-state index in [1.54, 1.807) is 19.3 Å². The number of rotatable bonds is 5. The highest BCUT2D eigenvalue weighted by Gasteiger charge is 2.33. The fourth-order valence-electron chi connectivity index (χ4n) is 5.72. The summed E-state index contributed by atoms with van der Waals surface area (Å²) < 4.78 is 13.7. The molecule has 0 aliphatic carbocycles. The van der Waals surface area contributed by atoms with Crippen LogP contribution in [0.2, 0.25) is 0 Å². The molecule has 3 heterocycles. The van der Waals surface area contributed by atoms with Crippen molar-refractivity contribution in [1.29, 1.82) is 0 Å². The van der Waals surface area contributed by atoms with Crippen LogP contribution in [-0.2, 0) is 13.1 Å². The van der Waals surface area contributed by atoms with E-state index in [0.717, 1.165) is 41.9 Å². The number of ketones is 1. The van der Waals surface area contributed by atoms with Crippen LogP contribution in [0.15, 0.2) is 42.3 Å². The molecule has 1 aromatic heterocycles. The average molecular weight is 461 g/mol. The minimum absolute atomic E-state index is 0.0569. The number of methoxy groups -OCH3 is 1. The van der Waals surface area contributed by atoms with E-state index in [0.29, 0.717) is 35.3 Å². The van der Waals surface area contributed by atoms with Crippen LogP contribution in [0.3, 0.4) is 0 Å². The molecule has 2 aliphatic heterocycles. The number of allylic oxidation sites excluding steroid dienone is 1. The first-order chi connectivity index (χ1) is 16.4. The Labute approximate surface area is 200 Å². The third-order valence-electron chi connectivity index (χ3n) is 7.15. The van der Waals surface area contributed by atoms with Crippen LogP contribution < -0.4 is 19.5 Å². The molecule has 2 unspecified atom stereocenters. The van der Waals surface area contributed by atoms with Gasteiger partial charge >= 0.3 is 0 Å². The predicted molar refractivity (Wildman–Crippen MR) is 130 cm³/mol. The second-order valence-electron chi connectivity index (χ2n) is 9.89. The van der Waals surface area contributed by atoms with Crippen LogP contribution in [0, 0.1) is 11.8 Å². The Morgan fingerprint density at radius 1 is 1.21 bits per heavy atom. The zero-order chi connectivity index (χ0) is 24.0. The van der Waals surface area contributed by atoms with Gasteiger partial charge in [0.2, 0.25) is 5.78 Å². The highest BCUT2D eigenvalue weighted by atomic mass is 16.5. The van der Waals surface area contributed by atoms with Gasteiger partial charge in [0.05, 0.1) is 25.8 Å². The smallest absolute Gasteiger partial charge is 0.231 e. The predicted octanol–water partition coefficient (Wildman–Crippen LogP) is 3.42. The molecule has 6 nitrogen and oxygen atoms in total. The number of carbonyl (C=O) groups excluding carboxylic acids is 1. The van der Waals surface area contributed by atoms with Crippen molar-refractivity contribution in [2.24, 2.45) is 11.8 Å². The fourth-order valence-corrected chi connectivity index (χ4v) is 5.72. The molecular formula is C28H32N2O4. The molecule has 3 aromatic rings. The van der Waals surface area contributed by atoms with Crippen molar-refractivity contribution < 1.29 is 24.3 Å². The molecule has 1 N–H and O–H groups in total. The number of aromatic nitrogens is 1. The maximum atomic E-state index is 13.3. The number of aryl methyl sites for hydroxylation is 1. The minimum Gasteiger partial charge on any atom is -0.872 e. The van der Waals surface area contributed by atoms with Crippen molar-refractivity contribution in [2.75, 3.05) is 20.2 Å². The number of likely N-dealkylation sites (tertiary alicyclic amines) is 1. The molecule has 0 radical (unpaired) electrons. The van der Waals surface area contributed by atoms with Crippen LogP contribution in [0.1, 0.15) is 48.7 Å². The molecule has 0 amide bonds. The van der Waals surface area contributed by atoms with Gasteiger partial charge < -0.3 is 24.0 Å². The first-order valence-corrected chi connectivity index (χ1v) is 12.2. The third kappa shape index (κ3) is 3.96. The number of benzene rings is 2. The lowest BCUT2D eigenvalue weighted by Gasteiger charge is -2.33. The number of nitrogens with zero attached hydrogens (tertiary/aromatic N) is 1. The number of nitrogens with one attached hydrogen (secondary N) is 1. The van der Waals surface area contributed by atoms with Crippen molar-refractivity contribution >= 4 is 22.8 Å². The largest absolute Gasteiger partial charge is 0.872 e. The lowest BCUT2D eigenvalue weighted by Crippen LogP contribution is -3.13. The number of Topliss-reactive ketones (excluding diaryl/α,β-unsaturated/α-hetero) is 1. The van der Waals surface area contributed by atoms with E-state index in [1.165, 1.54) is 17.4 Å². The van der Waals surface area contributed by atoms with E-state index in [1.807, 2.05) is 24.4 Å². The molecule has 0 bridgehead atoms. The summed E-state index contributed by atoms with van der Waals surface area (Å²) in [6, 6.07) is 9.06. The zero-order valence-electron chi connectivity index (χ0n) is 20.3. The number of hydrogen-bond donors (Lipinski definition) is 1. The summed E-state index contributed by atoms with van der Waals surface area (Å²) in [5.74, 6) is 2.47. The fraction of sp³-hybridized carbons (Fsp3) is 0.393. The van der Waals surface area contributed by atoms with Crippen molar-refractivity contribution in [3.8, 4) is 17.2 Å². The molecule has 34 heavy (non-hydrogen) atoms. The maximum Gasteiger partial charge on any atom is 0.231 e. The van der Waals surface area contributed by atoms with Gasteiger partial charge in [-0.15, -0.1) is 0 Å². The van der Waals surface area contributed by atoms with Crippen molar-refractivity contribution in [2.45, 2.75) is 40.3 Å². The number of fused-ring (bicyclic) bond motifs is 2. The number of carbonyl (C=O) groups is 1.